The number of pyridine rings is 1. The molecule has 0 atom stereocenters. The Hall–Kier alpha value is -2.57. The summed E-state index contributed by atoms with van der Waals surface area (Å²) in [7, 11) is 1.31. The van der Waals surface area contributed by atoms with Gasteiger partial charge in [0, 0.05) is 12.7 Å². The van der Waals surface area contributed by atoms with Crippen LogP contribution in [0.25, 0.3) is 5.82 Å². The summed E-state index contributed by atoms with van der Waals surface area (Å²) in [4.78, 5) is 16.0. The number of esters is 1. The lowest BCUT2D eigenvalue weighted by atomic mass is 10.3. The van der Waals surface area contributed by atoms with Crippen molar-refractivity contribution in [2.24, 2.45) is 0 Å². The Morgan fingerprint density at radius 3 is 2.90 bits per heavy atom. The molecule has 0 aromatic carbocycles. The van der Waals surface area contributed by atoms with E-state index in [0.29, 0.717) is 18.2 Å². The molecule has 3 N–H and O–H groups in total. The van der Waals surface area contributed by atoms with Crippen LogP contribution < -0.4 is 11.1 Å². The van der Waals surface area contributed by atoms with Crippen molar-refractivity contribution in [3.8, 4) is 5.82 Å². The number of aromatic nitrogens is 3. The first-order valence-electron chi connectivity index (χ1n) is 6.31. The van der Waals surface area contributed by atoms with Gasteiger partial charge in [0.05, 0.1) is 7.11 Å². The first kappa shape index (κ1) is 13.9. The van der Waals surface area contributed by atoms with Gasteiger partial charge in [-0.25, -0.2) is 9.78 Å². The predicted molar refractivity (Wildman–Crippen MR) is 75.9 cm³/mol. The van der Waals surface area contributed by atoms with Gasteiger partial charge < -0.3 is 15.8 Å². The minimum Gasteiger partial charge on any atom is -0.465 e. The average Bonchev–Trinajstić information content (AvgIpc) is 2.82. The van der Waals surface area contributed by atoms with Crippen molar-refractivity contribution in [3.05, 3.63) is 30.0 Å². The SMILES string of the molecule is CCCNc1nn(-c2ccccn2)c(N)c1C(=O)OC. The topological polar surface area (TPSA) is 95.1 Å². The van der Waals surface area contributed by atoms with Crippen LogP contribution in [0.3, 0.4) is 0 Å². The van der Waals surface area contributed by atoms with Crippen LogP contribution in [0.15, 0.2) is 24.4 Å². The number of nitrogen functional groups attached to an aromatic ring is 1. The third-order valence-corrected chi connectivity index (χ3v) is 2.72. The fourth-order valence-corrected chi connectivity index (χ4v) is 1.76. The zero-order valence-corrected chi connectivity index (χ0v) is 11.5. The molecule has 2 aromatic heterocycles. The molecule has 20 heavy (non-hydrogen) atoms. The summed E-state index contributed by atoms with van der Waals surface area (Å²) < 4.78 is 6.18. The van der Waals surface area contributed by atoms with Crippen LogP contribution in [0.2, 0.25) is 0 Å². The highest BCUT2D eigenvalue weighted by molar-refractivity contribution is 5.99. The summed E-state index contributed by atoms with van der Waals surface area (Å²) in [5.74, 6) is 0.624. The molecule has 0 spiro atoms. The van der Waals surface area contributed by atoms with Crippen molar-refractivity contribution in [1.82, 2.24) is 14.8 Å². The molecular weight excluding hydrogens is 258 g/mol. The minimum absolute atomic E-state index is 0.203. The van der Waals surface area contributed by atoms with Crippen LogP contribution in [-0.2, 0) is 4.74 Å². The van der Waals surface area contributed by atoms with Gasteiger partial charge in [0.15, 0.2) is 11.6 Å². The van der Waals surface area contributed by atoms with Crippen molar-refractivity contribution in [3.63, 3.8) is 0 Å². The molecule has 2 rings (SSSR count). The highest BCUT2D eigenvalue weighted by atomic mass is 16.5. The molecule has 2 aromatic rings. The van der Waals surface area contributed by atoms with Crippen LogP contribution in [0.4, 0.5) is 11.6 Å². The second kappa shape index (κ2) is 6.05. The van der Waals surface area contributed by atoms with Crippen LogP contribution in [0.1, 0.15) is 23.7 Å². The van der Waals surface area contributed by atoms with Gasteiger partial charge in [-0.15, -0.1) is 5.10 Å². The van der Waals surface area contributed by atoms with Crippen molar-refractivity contribution in [1.29, 1.82) is 0 Å². The summed E-state index contributed by atoms with van der Waals surface area (Å²) in [6, 6.07) is 5.37. The third-order valence-electron chi connectivity index (χ3n) is 2.72. The number of rotatable bonds is 5. The Morgan fingerprint density at radius 1 is 1.50 bits per heavy atom. The maximum Gasteiger partial charge on any atom is 0.345 e. The van der Waals surface area contributed by atoms with Gasteiger partial charge in [-0.2, -0.15) is 4.68 Å². The lowest BCUT2D eigenvalue weighted by molar-refractivity contribution is 0.0603. The minimum atomic E-state index is -0.525. The van der Waals surface area contributed by atoms with E-state index < -0.39 is 5.97 Å². The van der Waals surface area contributed by atoms with Gasteiger partial charge in [-0.1, -0.05) is 13.0 Å². The number of hydrogen-bond donors (Lipinski definition) is 2. The summed E-state index contributed by atoms with van der Waals surface area (Å²) in [6.07, 6.45) is 2.53. The number of ether oxygens (including phenoxy) is 1. The van der Waals surface area contributed by atoms with E-state index in [0.717, 1.165) is 6.42 Å². The van der Waals surface area contributed by atoms with E-state index in [2.05, 4.69) is 15.4 Å². The standard InChI is InChI=1S/C13H17N5O2/c1-3-7-16-12-10(13(19)20-2)11(14)18(17-12)9-6-4-5-8-15-9/h4-6,8H,3,7,14H2,1-2H3,(H,16,17). The molecule has 0 aliphatic carbocycles. The number of carbonyl (C=O) groups is 1. The van der Waals surface area contributed by atoms with E-state index in [4.69, 9.17) is 10.5 Å². The van der Waals surface area contributed by atoms with Gasteiger partial charge in [-0.3, -0.25) is 0 Å². The molecule has 0 saturated heterocycles. The van der Waals surface area contributed by atoms with E-state index in [1.165, 1.54) is 11.8 Å². The molecule has 106 valence electrons. The van der Waals surface area contributed by atoms with Crippen molar-refractivity contribution in [2.45, 2.75) is 13.3 Å². The lowest BCUT2D eigenvalue weighted by Crippen LogP contribution is -2.09. The number of methoxy groups -OCH3 is 1. The summed E-state index contributed by atoms with van der Waals surface area (Å²) in [5.41, 5.74) is 6.23. The second-order valence-electron chi connectivity index (χ2n) is 4.13. The monoisotopic (exact) mass is 275 g/mol. The first-order valence-corrected chi connectivity index (χ1v) is 6.31. The van der Waals surface area contributed by atoms with Crippen LogP contribution in [0, 0.1) is 0 Å². The largest absolute Gasteiger partial charge is 0.465 e. The van der Waals surface area contributed by atoms with E-state index >= 15 is 0 Å². The zero-order valence-electron chi connectivity index (χ0n) is 11.5. The first-order chi connectivity index (χ1) is 9.69. The van der Waals surface area contributed by atoms with Crippen molar-refractivity contribution in [2.75, 3.05) is 24.7 Å². The van der Waals surface area contributed by atoms with Gasteiger partial charge in [0.25, 0.3) is 0 Å². The molecule has 0 unspecified atom stereocenters. The molecule has 0 aliphatic rings. The van der Waals surface area contributed by atoms with Gasteiger partial charge in [0.1, 0.15) is 11.4 Å². The van der Waals surface area contributed by atoms with E-state index in [1.807, 2.05) is 13.0 Å². The summed E-state index contributed by atoms with van der Waals surface area (Å²) in [6.45, 7) is 2.70. The molecule has 0 fully saturated rings. The third kappa shape index (κ3) is 2.56. The average molecular weight is 275 g/mol. The van der Waals surface area contributed by atoms with Gasteiger partial charge >= 0.3 is 5.97 Å². The molecule has 0 radical (unpaired) electrons. The maximum atomic E-state index is 11.8. The van der Waals surface area contributed by atoms with E-state index in [-0.39, 0.29) is 11.4 Å². The highest BCUT2D eigenvalue weighted by Crippen LogP contribution is 2.24. The number of nitrogens with one attached hydrogen (secondary N) is 1. The van der Waals surface area contributed by atoms with Gasteiger partial charge in [0.2, 0.25) is 0 Å². The van der Waals surface area contributed by atoms with E-state index in [1.54, 1.807) is 18.3 Å². The maximum absolute atomic E-state index is 11.8. The number of carbonyl (C=O) groups excluding carboxylic acids is 1. The fraction of sp³-hybridized carbons (Fsp3) is 0.308. The normalized spacial score (nSPS) is 10.3. The molecule has 0 amide bonds. The molecular formula is C13H17N5O2. The Morgan fingerprint density at radius 2 is 2.30 bits per heavy atom. The molecule has 7 heteroatoms. The lowest BCUT2D eigenvalue weighted by Gasteiger charge is -2.03. The second-order valence-corrected chi connectivity index (χ2v) is 4.13. The van der Waals surface area contributed by atoms with Gasteiger partial charge in [-0.05, 0) is 18.6 Å². The van der Waals surface area contributed by atoms with E-state index in [9.17, 15) is 4.79 Å². The van der Waals surface area contributed by atoms with Crippen molar-refractivity contribution < 1.29 is 9.53 Å². The van der Waals surface area contributed by atoms with Crippen LogP contribution in [-0.4, -0.2) is 34.4 Å². The van der Waals surface area contributed by atoms with Crippen LogP contribution >= 0.6 is 0 Å². The number of anilines is 2. The molecule has 2 heterocycles. The quantitative estimate of drug-likeness (QED) is 0.802. The number of nitrogens with zero attached hydrogens (tertiary/aromatic N) is 3. The number of nitrogens with two attached hydrogens (primary N) is 1. The molecule has 0 bridgehead atoms. The Labute approximate surface area is 116 Å². The Bertz CT molecular complexity index is 594. The smallest absolute Gasteiger partial charge is 0.345 e. The summed E-state index contributed by atoms with van der Waals surface area (Å²) >= 11 is 0. The molecule has 0 saturated carbocycles. The Kier molecular flexibility index (Phi) is 4.19. The molecule has 0 aliphatic heterocycles. The van der Waals surface area contributed by atoms with Crippen molar-refractivity contribution >= 4 is 17.6 Å². The predicted octanol–water partition coefficient (Wildman–Crippen LogP) is 1.46. The van der Waals surface area contributed by atoms with Crippen LogP contribution in [0.5, 0.6) is 0 Å². The highest BCUT2D eigenvalue weighted by Gasteiger charge is 2.23. The zero-order chi connectivity index (χ0) is 14.5. The summed E-state index contributed by atoms with van der Waals surface area (Å²) in [5, 5.41) is 7.37. The molecule has 7 nitrogen and oxygen atoms in total. The number of hydrogen-bond acceptors (Lipinski definition) is 6. The Balaban J connectivity index is 2.49. The fourth-order valence-electron chi connectivity index (χ4n) is 1.76.